The second-order valence-corrected chi connectivity index (χ2v) is 3.68. The van der Waals surface area contributed by atoms with Crippen molar-refractivity contribution in [2.45, 2.75) is 13.0 Å². The van der Waals surface area contributed by atoms with Gasteiger partial charge in [-0.25, -0.2) is 0 Å². The first-order valence-electron chi connectivity index (χ1n) is 5.26. The van der Waals surface area contributed by atoms with Crippen molar-refractivity contribution in [3.63, 3.8) is 0 Å². The predicted molar refractivity (Wildman–Crippen MR) is 65.3 cm³/mol. The molecule has 0 aliphatic heterocycles. The van der Waals surface area contributed by atoms with E-state index in [1.165, 1.54) is 0 Å². The lowest BCUT2D eigenvalue weighted by Gasteiger charge is -2.07. The maximum absolute atomic E-state index is 11.5. The second-order valence-electron chi connectivity index (χ2n) is 3.68. The summed E-state index contributed by atoms with van der Waals surface area (Å²) in [4.78, 5) is 11.5. The van der Waals surface area contributed by atoms with Crippen molar-refractivity contribution in [2.24, 2.45) is 0 Å². The van der Waals surface area contributed by atoms with Gasteiger partial charge < -0.3 is 10.3 Å². The SMILES string of the molecule is Nc1ccccc1CCn1ccccc1=O. The van der Waals surface area contributed by atoms with Gasteiger partial charge in [0.25, 0.3) is 5.56 Å². The fourth-order valence-corrected chi connectivity index (χ4v) is 1.65. The first kappa shape index (κ1) is 10.5. The van der Waals surface area contributed by atoms with Gasteiger partial charge in [-0.1, -0.05) is 24.3 Å². The van der Waals surface area contributed by atoms with Gasteiger partial charge >= 0.3 is 0 Å². The molecule has 0 bridgehead atoms. The molecule has 0 fully saturated rings. The molecule has 3 nitrogen and oxygen atoms in total. The summed E-state index contributed by atoms with van der Waals surface area (Å²) in [5, 5.41) is 0. The third kappa shape index (κ3) is 2.31. The van der Waals surface area contributed by atoms with Crippen LogP contribution in [-0.2, 0) is 13.0 Å². The largest absolute Gasteiger partial charge is 0.399 e. The van der Waals surface area contributed by atoms with Gasteiger partial charge in [0.2, 0.25) is 0 Å². The van der Waals surface area contributed by atoms with Gasteiger partial charge in [0.1, 0.15) is 0 Å². The van der Waals surface area contributed by atoms with Crippen molar-refractivity contribution < 1.29 is 0 Å². The number of benzene rings is 1. The number of pyridine rings is 1. The Kier molecular flexibility index (Phi) is 3.05. The smallest absolute Gasteiger partial charge is 0.250 e. The number of nitrogen functional groups attached to an aromatic ring is 1. The summed E-state index contributed by atoms with van der Waals surface area (Å²) in [6.45, 7) is 0.661. The van der Waals surface area contributed by atoms with E-state index in [9.17, 15) is 4.79 Å². The highest BCUT2D eigenvalue weighted by Gasteiger charge is 1.99. The topological polar surface area (TPSA) is 48.0 Å². The fourth-order valence-electron chi connectivity index (χ4n) is 1.65. The molecule has 0 unspecified atom stereocenters. The number of aromatic nitrogens is 1. The van der Waals surface area contributed by atoms with Crippen molar-refractivity contribution in [1.82, 2.24) is 4.57 Å². The normalized spacial score (nSPS) is 10.2. The Bertz CT molecular complexity index is 531. The Morgan fingerprint density at radius 1 is 1.06 bits per heavy atom. The highest BCUT2D eigenvalue weighted by Crippen LogP contribution is 2.11. The van der Waals surface area contributed by atoms with E-state index in [0.717, 1.165) is 17.7 Å². The van der Waals surface area contributed by atoms with Gasteiger partial charge in [0.15, 0.2) is 0 Å². The molecular weight excluding hydrogens is 200 g/mol. The third-order valence-electron chi connectivity index (χ3n) is 2.58. The standard InChI is InChI=1S/C13H14N2O/c14-12-6-2-1-5-11(12)8-10-15-9-4-3-7-13(15)16/h1-7,9H,8,10,14H2. The second kappa shape index (κ2) is 4.66. The Balaban J connectivity index is 2.12. The van der Waals surface area contributed by atoms with Crippen LogP contribution in [0.2, 0.25) is 0 Å². The molecule has 16 heavy (non-hydrogen) atoms. The molecule has 1 aromatic heterocycles. The molecule has 0 aliphatic carbocycles. The fraction of sp³-hybridized carbons (Fsp3) is 0.154. The Hall–Kier alpha value is -2.03. The van der Waals surface area contributed by atoms with Gasteiger partial charge in [-0.05, 0) is 24.1 Å². The first-order chi connectivity index (χ1) is 7.77. The molecule has 0 atom stereocenters. The van der Waals surface area contributed by atoms with Crippen LogP contribution in [0.1, 0.15) is 5.56 Å². The Morgan fingerprint density at radius 2 is 1.81 bits per heavy atom. The van der Waals surface area contributed by atoms with Crippen molar-refractivity contribution in [3.8, 4) is 0 Å². The number of nitrogens with two attached hydrogens (primary N) is 1. The van der Waals surface area contributed by atoms with E-state index in [4.69, 9.17) is 5.73 Å². The third-order valence-corrected chi connectivity index (χ3v) is 2.58. The zero-order chi connectivity index (χ0) is 11.4. The summed E-state index contributed by atoms with van der Waals surface area (Å²) in [7, 11) is 0. The minimum atomic E-state index is 0.0250. The molecule has 2 rings (SSSR count). The predicted octanol–water partition coefficient (Wildman–Crippen LogP) is 1.67. The molecule has 1 aromatic carbocycles. The number of aryl methyl sites for hydroxylation is 2. The molecule has 3 heteroatoms. The van der Waals surface area contributed by atoms with Crippen LogP contribution < -0.4 is 11.3 Å². The summed E-state index contributed by atoms with van der Waals surface area (Å²) in [6, 6.07) is 12.9. The molecule has 0 saturated heterocycles. The van der Waals surface area contributed by atoms with E-state index in [2.05, 4.69) is 0 Å². The molecule has 0 saturated carbocycles. The van der Waals surface area contributed by atoms with Crippen molar-refractivity contribution in [1.29, 1.82) is 0 Å². The lowest BCUT2D eigenvalue weighted by atomic mass is 10.1. The number of hydrogen-bond acceptors (Lipinski definition) is 2. The summed E-state index contributed by atoms with van der Waals surface area (Å²) >= 11 is 0. The molecule has 0 spiro atoms. The maximum Gasteiger partial charge on any atom is 0.250 e. The maximum atomic E-state index is 11.5. The summed E-state index contributed by atoms with van der Waals surface area (Å²) in [5.74, 6) is 0. The summed E-state index contributed by atoms with van der Waals surface area (Å²) in [5.41, 5.74) is 7.73. The number of rotatable bonds is 3. The quantitative estimate of drug-likeness (QED) is 0.790. The molecular formula is C13H14N2O. The van der Waals surface area contributed by atoms with Gasteiger partial charge in [-0.2, -0.15) is 0 Å². The minimum absolute atomic E-state index is 0.0250. The van der Waals surface area contributed by atoms with Crippen LogP contribution in [0.5, 0.6) is 0 Å². The average Bonchev–Trinajstić information content (AvgIpc) is 2.30. The lowest BCUT2D eigenvalue weighted by Crippen LogP contribution is -2.19. The van der Waals surface area contributed by atoms with Gasteiger partial charge in [0.05, 0.1) is 0 Å². The number of para-hydroxylation sites is 1. The van der Waals surface area contributed by atoms with Crippen LogP contribution >= 0.6 is 0 Å². The molecule has 1 heterocycles. The number of hydrogen-bond donors (Lipinski definition) is 1. The van der Waals surface area contributed by atoms with Gasteiger partial charge in [-0.3, -0.25) is 4.79 Å². The highest BCUT2D eigenvalue weighted by atomic mass is 16.1. The molecule has 0 radical (unpaired) electrons. The van der Waals surface area contributed by atoms with E-state index in [0.29, 0.717) is 6.54 Å². The van der Waals surface area contributed by atoms with E-state index >= 15 is 0 Å². The number of anilines is 1. The summed E-state index contributed by atoms with van der Waals surface area (Å²) in [6.07, 6.45) is 2.57. The van der Waals surface area contributed by atoms with Crippen molar-refractivity contribution in [2.75, 3.05) is 5.73 Å². The molecule has 0 aliphatic rings. The van der Waals surface area contributed by atoms with Crippen molar-refractivity contribution in [3.05, 3.63) is 64.6 Å². The average molecular weight is 214 g/mol. The van der Waals surface area contributed by atoms with Crippen LogP contribution in [0, 0.1) is 0 Å². The number of nitrogens with zero attached hydrogens (tertiary/aromatic N) is 1. The Labute approximate surface area is 94.1 Å². The lowest BCUT2D eigenvalue weighted by molar-refractivity contribution is 0.670. The Morgan fingerprint density at radius 3 is 2.56 bits per heavy atom. The zero-order valence-corrected chi connectivity index (χ0v) is 8.97. The minimum Gasteiger partial charge on any atom is -0.399 e. The molecule has 82 valence electrons. The van der Waals surface area contributed by atoms with E-state index < -0.39 is 0 Å². The zero-order valence-electron chi connectivity index (χ0n) is 8.97. The monoisotopic (exact) mass is 214 g/mol. The van der Waals surface area contributed by atoms with Crippen LogP contribution in [0.15, 0.2) is 53.5 Å². The van der Waals surface area contributed by atoms with Crippen LogP contribution in [0.25, 0.3) is 0 Å². The van der Waals surface area contributed by atoms with E-state index in [1.54, 1.807) is 22.9 Å². The van der Waals surface area contributed by atoms with Crippen molar-refractivity contribution >= 4 is 5.69 Å². The molecule has 2 aromatic rings. The highest BCUT2D eigenvalue weighted by molar-refractivity contribution is 5.46. The summed E-state index contributed by atoms with van der Waals surface area (Å²) < 4.78 is 1.69. The van der Waals surface area contributed by atoms with Gasteiger partial charge in [0, 0.05) is 24.5 Å². The van der Waals surface area contributed by atoms with E-state index in [1.807, 2.05) is 30.3 Å². The van der Waals surface area contributed by atoms with Gasteiger partial charge in [-0.15, -0.1) is 0 Å². The molecule has 2 N–H and O–H groups in total. The first-order valence-corrected chi connectivity index (χ1v) is 5.26. The van der Waals surface area contributed by atoms with Crippen LogP contribution in [0.3, 0.4) is 0 Å². The van der Waals surface area contributed by atoms with Crippen LogP contribution in [0.4, 0.5) is 5.69 Å². The van der Waals surface area contributed by atoms with Crippen LogP contribution in [-0.4, -0.2) is 4.57 Å². The van der Waals surface area contributed by atoms with E-state index in [-0.39, 0.29) is 5.56 Å². The molecule has 0 amide bonds.